The molecule has 16 nitrogen and oxygen atoms in total. The number of carbonyl (C=O) groups excluding carboxylic acids is 4. The Morgan fingerprint density at radius 2 is 1.43 bits per heavy atom. The van der Waals surface area contributed by atoms with Crippen LogP contribution in [0.5, 0.6) is 0 Å². The van der Waals surface area contributed by atoms with Crippen molar-refractivity contribution in [3.8, 4) is 5.69 Å². The molecule has 19 heteroatoms. The van der Waals surface area contributed by atoms with E-state index in [4.69, 9.17) is 0 Å². The number of imidazole rings is 1. The van der Waals surface area contributed by atoms with Gasteiger partial charge in [-0.1, -0.05) is 51.7 Å². The Balaban J connectivity index is 0.000000240. The molecule has 9 rings (SSSR count). The number of nitrogens with one attached hydrogen (secondary N) is 1. The SMILES string of the molecule is C1CCC1.CC.CN(C)CCN(C)Cc1cc(C(F)(F)F)c2cn(-c3cccc(Cc4nncn4C)c3)c(=O)n2c1.CNC.O=CCCC(C=O)N1Cc2cc(N3CCN(c4ccc(C=O)cc4)CC3)ccc2C1=O. The highest BCUT2D eigenvalue weighted by Crippen LogP contribution is 2.34. The topological polar surface area (TPSA) is 154 Å². The number of rotatable bonds is 16. The average molecular weight is 1040 g/mol. The van der Waals surface area contributed by atoms with E-state index >= 15 is 0 Å². The first kappa shape index (κ1) is 58.9. The lowest BCUT2D eigenvalue weighted by Gasteiger charge is -2.37. The van der Waals surface area contributed by atoms with E-state index < -0.39 is 23.5 Å². The number of benzene rings is 3. The summed E-state index contributed by atoms with van der Waals surface area (Å²) in [6, 6.07) is 21.2. The number of amides is 1. The predicted molar refractivity (Wildman–Crippen MR) is 289 cm³/mol. The molecule has 0 bridgehead atoms. The molecule has 1 amide bonds. The molecule has 1 aliphatic carbocycles. The van der Waals surface area contributed by atoms with Crippen molar-refractivity contribution in [2.24, 2.45) is 7.05 Å². The number of aldehydes is 3. The van der Waals surface area contributed by atoms with E-state index in [9.17, 15) is 37.1 Å². The van der Waals surface area contributed by atoms with Crippen molar-refractivity contribution in [1.29, 1.82) is 0 Å². The fourth-order valence-electron chi connectivity index (χ4n) is 8.54. The predicted octanol–water partition coefficient (Wildman–Crippen LogP) is 7.57. The molecule has 3 aromatic carbocycles. The number of fused-ring (bicyclic) bond motifs is 2. The maximum absolute atomic E-state index is 14.0. The van der Waals surface area contributed by atoms with Gasteiger partial charge in [0.05, 0.1) is 22.8 Å². The van der Waals surface area contributed by atoms with Gasteiger partial charge in [-0.3, -0.25) is 18.6 Å². The van der Waals surface area contributed by atoms with E-state index in [0.717, 1.165) is 90.4 Å². The molecule has 75 heavy (non-hydrogen) atoms. The van der Waals surface area contributed by atoms with Crippen molar-refractivity contribution < 1.29 is 32.3 Å². The highest BCUT2D eigenvalue weighted by atomic mass is 19.4. The first-order valence-electron chi connectivity index (χ1n) is 25.6. The summed E-state index contributed by atoms with van der Waals surface area (Å²) in [6.45, 7) is 9.56. The van der Waals surface area contributed by atoms with Crippen molar-refractivity contribution in [2.45, 2.75) is 84.1 Å². The highest BCUT2D eigenvalue weighted by molar-refractivity contribution is 6.00. The average Bonchev–Trinajstić information content (AvgIpc) is 4.06. The van der Waals surface area contributed by atoms with Gasteiger partial charge < -0.3 is 44.0 Å². The molecule has 1 saturated carbocycles. The number of nitrogens with zero attached hydrogens (tertiary/aromatic N) is 10. The Bertz CT molecular complexity index is 2830. The fourth-order valence-corrected chi connectivity index (χ4v) is 8.54. The van der Waals surface area contributed by atoms with E-state index in [1.54, 1.807) is 34.0 Å². The summed E-state index contributed by atoms with van der Waals surface area (Å²) >= 11 is 0. The molecule has 0 spiro atoms. The molecule has 6 aromatic rings. The number of alkyl halides is 3. The van der Waals surface area contributed by atoms with E-state index in [2.05, 4.69) is 25.3 Å². The number of anilines is 2. The van der Waals surface area contributed by atoms with Gasteiger partial charge in [0.2, 0.25) is 0 Å². The number of piperazine rings is 1. The Hall–Kier alpha value is -6.96. The van der Waals surface area contributed by atoms with Crippen LogP contribution in [-0.4, -0.2) is 144 Å². The molecular weight excluding hydrogens is 964 g/mol. The van der Waals surface area contributed by atoms with Gasteiger partial charge in [0, 0.05) is 107 Å². The maximum atomic E-state index is 14.0. The van der Waals surface area contributed by atoms with E-state index in [1.807, 2.05) is 114 Å². The molecule has 2 aliphatic heterocycles. The van der Waals surface area contributed by atoms with Gasteiger partial charge in [-0.05, 0) is 119 Å². The van der Waals surface area contributed by atoms with Crippen LogP contribution in [0.25, 0.3) is 11.2 Å². The van der Waals surface area contributed by atoms with Crippen molar-refractivity contribution >= 4 is 41.7 Å². The summed E-state index contributed by atoms with van der Waals surface area (Å²) in [4.78, 5) is 69.0. The van der Waals surface area contributed by atoms with Crippen LogP contribution in [0.3, 0.4) is 0 Å². The Kier molecular flexibility index (Phi) is 22.5. The second-order valence-corrected chi connectivity index (χ2v) is 18.9. The first-order chi connectivity index (χ1) is 36.1. The number of pyridine rings is 1. The monoisotopic (exact) mass is 1040 g/mol. The van der Waals surface area contributed by atoms with Crippen LogP contribution >= 0.6 is 0 Å². The summed E-state index contributed by atoms with van der Waals surface area (Å²) < 4.78 is 46.1. The first-order valence-corrected chi connectivity index (χ1v) is 25.6. The molecule has 2 fully saturated rings. The zero-order valence-electron chi connectivity index (χ0n) is 44.7. The van der Waals surface area contributed by atoms with Crippen LogP contribution in [0.4, 0.5) is 24.5 Å². The van der Waals surface area contributed by atoms with Gasteiger partial charge in [-0.15, -0.1) is 10.2 Å². The summed E-state index contributed by atoms with van der Waals surface area (Å²) in [5.74, 6) is 0.590. The minimum atomic E-state index is -4.60. The van der Waals surface area contributed by atoms with Crippen LogP contribution in [-0.2, 0) is 42.3 Å². The normalized spacial score (nSPS) is 14.3. The number of hydrogen-bond donors (Lipinski definition) is 1. The number of likely N-dealkylation sites (N-methyl/N-ethyl adjacent to an activating group) is 2. The highest BCUT2D eigenvalue weighted by Gasteiger charge is 2.35. The molecule has 3 aromatic heterocycles. The number of hydrogen-bond acceptors (Lipinski definition) is 12. The van der Waals surface area contributed by atoms with Crippen LogP contribution in [0.15, 0.2) is 96.3 Å². The fraction of sp³-hybridized carbons (Fsp3) is 0.446. The molecule has 5 heterocycles. The molecule has 1 unspecified atom stereocenters. The van der Waals surface area contributed by atoms with Gasteiger partial charge in [0.1, 0.15) is 31.0 Å². The number of halogens is 3. The number of aryl methyl sites for hydroxylation is 1. The minimum Gasteiger partial charge on any atom is -0.368 e. The van der Waals surface area contributed by atoms with Crippen LogP contribution in [0, 0.1) is 0 Å². The zero-order valence-corrected chi connectivity index (χ0v) is 44.7. The third-order valence-electron chi connectivity index (χ3n) is 13.0. The molecule has 1 atom stereocenters. The van der Waals surface area contributed by atoms with Gasteiger partial charge in [0.15, 0.2) is 0 Å². The molecule has 0 radical (unpaired) electrons. The quantitative estimate of drug-likeness (QED) is 0.0952. The largest absolute Gasteiger partial charge is 0.418 e. The van der Waals surface area contributed by atoms with Gasteiger partial charge in [-0.2, -0.15) is 13.2 Å². The van der Waals surface area contributed by atoms with Crippen LogP contribution in [0.2, 0.25) is 0 Å². The van der Waals surface area contributed by atoms with Crippen LogP contribution in [0.1, 0.15) is 101 Å². The third kappa shape index (κ3) is 16.0. The second-order valence-electron chi connectivity index (χ2n) is 18.9. The van der Waals surface area contributed by atoms with Crippen LogP contribution < -0.4 is 20.8 Å². The zero-order chi connectivity index (χ0) is 54.7. The smallest absolute Gasteiger partial charge is 0.368 e. The summed E-state index contributed by atoms with van der Waals surface area (Å²) in [5, 5.41) is 10.7. The number of carbonyl (C=O) groups is 4. The van der Waals surface area contributed by atoms with Crippen molar-refractivity contribution in [1.82, 2.24) is 43.7 Å². The standard InChI is InChI=1S/C24H28F3N7O.C24H25N3O4.C4H8.C2H7N.C2H6/c1-30(2)8-9-31(3)13-18-11-20(24(25,26)27)21-15-33(23(35)34(21)14-18)19-7-5-6-17(10-19)12-22-29-28-16-32(22)4;28-13-1-2-22(17-30)27-15-19-14-21(7-8-23(19)24(27)31)26-11-9-25(10-12-26)20-5-3-18(16-29)4-6-20;1-2-4-3-1;1-3-2;1-2/h5-7,10-11,14-16H,8-9,12-13H2,1-4H3;3-8,13-14,16-17,22H,1-2,9-12,15H2;1-4H2;3H,1-2H3;1-2H3. The number of aromatic nitrogens is 5. The van der Waals surface area contributed by atoms with Crippen molar-refractivity contribution in [2.75, 3.05) is 84.3 Å². The van der Waals surface area contributed by atoms with Gasteiger partial charge in [-0.25, -0.2) is 4.79 Å². The molecule has 1 N–H and O–H groups in total. The Morgan fingerprint density at radius 3 is 1.99 bits per heavy atom. The molecule has 404 valence electrons. The maximum Gasteiger partial charge on any atom is 0.418 e. The second kappa shape index (κ2) is 28.6. The lowest BCUT2D eigenvalue weighted by atomic mass is 10.0. The molecular formula is C56H74F3N11O5. The lowest BCUT2D eigenvalue weighted by molar-refractivity contribution is -0.136. The Morgan fingerprint density at radius 1 is 0.787 bits per heavy atom. The van der Waals surface area contributed by atoms with Crippen molar-refractivity contribution in [3.05, 3.63) is 141 Å². The molecule has 1 saturated heterocycles. The third-order valence-corrected chi connectivity index (χ3v) is 13.0. The van der Waals surface area contributed by atoms with E-state index in [0.29, 0.717) is 48.3 Å². The summed E-state index contributed by atoms with van der Waals surface area (Å²) in [6.07, 6.45) is 9.23. The summed E-state index contributed by atoms with van der Waals surface area (Å²) in [7, 11) is 11.3. The van der Waals surface area contributed by atoms with Gasteiger partial charge in [0.25, 0.3) is 5.91 Å². The van der Waals surface area contributed by atoms with E-state index in [1.165, 1.54) is 42.6 Å². The summed E-state index contributed by atoms with van der Waals surface area (Å²) in [5.41, 5.74) is 4.60. The van der Waals surface area contributed by atoms with Crippen molar-refractivity contribution in [3.63, 3.8) is 0 Å². The lowest BCUT2D eigenvalue weighted by Crippen LogP contribution is -2.46. The van der Waals surface area contributed by atoms with Gasteiger partial charge >= 0.3 is 11.9 Å². The van der Waals surface area contributed by atoms with E-state index in [-0.39, 0.29) is 24.4 Å². The minimum absolute atomic E-state index is 0.145. The molecule has 3 aliphatic rings. The Labute approximate surface area is 438 Å².